The van der Waals surface area contributed by atoms with Crippen LogP contribution in [0.5, 0.6) is 0 Å². The van der Waals surface area contributed by atoms with Crippen LogP contribution in [0.4, 0.5) is 0 Å². The molecule has 6 nitrogen and oxygen atoms in total. The van der Waals surface area contributed by atoms with E-state index in [4.69, 9.17) is 4.74 Å². The van der Waals surface area contributed by atoms with Crippen molar-refractivity contribution in [3.8, 4) is 0 Å². The summed E-state index contributed by atoms with van der Waals surface area (Å²) in [5.74, 6) is 0.280. The van der Waals surface area contributed by atoms with Gasteiger partial charge in [0.2, 0.25) is 11.8 Å². The highest BCUT2D eigenvalue weighted by Crippen LogP contribution is 2.35. The summed E-state index contributed by atoms with van der Waals surface area (Å²) >= 11 is 0. The number of carbonyl (C=O) groups is 2. The fourth-order valence-electron chi connectivity index (χ4n) is 4.88. The third-order valence-corrected chi connectivity index (χ3v) is 6.89. The number of carbonyl (C=O) groups excluding carboxylic acids is 2. The molecule has 3 aliphatic heterocycles. The first kappa shape index (κ1) is 21.1. The molecule has 0 unspecified atom stereocenters. The number of hydrogen-bond donors (Lipinski definition) is 3. The number of benzene rings is 1. The van der Waals surface area contributed by atoms with E-state index in [0.717, 1.165) is 31.5 Å². The van der Waals surface area contributed by atoms with Crippen molar-refractivity contribution in [2.45, 2.75) is 50.6 Å². The third kappa shape index (κ3) is 4.93. The van der Waals surface area contributed by atoms with Gasteiger partial charge in [-0.1, -0.05) is 42.5 Å². The van der Waals surface area contributed by atoms with Crippen LogP contribution in [-0.2, 0) is 20.7 Å². The van der Waals surface area contributed by atoms with Crippen LogP contribution in [0, 0.1) is 11.3 Å². The summed E-state index contributed by atoms with van der Waals surface area (Å²) < 4.78 is 5.54. The van der Waals surface area contributed by atoms with Gasteiger partial charge in [0.15, 0.2) is 0 Å². The molecule has 0 saturated carbocycles. The summed E-state index contributed by atoms with van der Waals surface area (Å²) in [6.45, 7) is 2.99. The highest BCUT2D eigenvalue weighted by molar-refractivity contribution is 5.90. The maximum Gasteiger partial charge on any atom is 0.243 e. The van der Waals surface area contributed by atoms with E-state index in [9.17, 15) is 9.59 Å². The molecular weight excluding hydrogens is 378 g/mol. The second-order valence-electron chi connectivity index (χ2n) is 8.89. The topological polar surface area (TPSA) is 79.5 Å². The van der Waals surface area contributed by atoms with Crippen molar-refractivity contribution in [2.75, 3.05) is 26.3 Å². The molecule has 2 fully saturated rings. The molecule has 0 aliphatic carbocycles. The Morgan fingerprint density at radius 1 is 1.03 bits per heavy atom. The first-order valence-corrected chi connectivity index (χ1v) is 11.2. The number of rotatable bonds is 2. The largest absolute Gasteiger partial charge is 0.381 e. The number of piperidine rings is 1. The third-order valence-electron chi connectivity index (χ3n) is 6.89. The Hall–Kier alpha value is -2.18. The lowest BCUT2D eigenvalue weighted by Crippen LogP contribution is -2.57. The Kier molecular flexibility index (Phi) is 6.85. The lowest BCUT2D eigenvalue weighted by Gasteiger charge is -2.38. The van der Waals surface area contributed by atoms with Crippen LogP contribution < -0.4 is 16.0 Å². The Morgan fingerprint density at radius 2 is 1.83 bits per heavy atom. The van der Waals surface area contributed by atoms with Gasteiger partial charge in [0.1, 0.15) is 6.04 Å². The van der Waals surface area contributed by atoms with Gasteiger partial charge in [0.05, 0.1) is 5.41 Å². The van der Waals surface area contributed by atoms with Crippen LogP contribution in [0.2, 0.25) is 0 Å². The van der Waals surface area contributed by atoms with Gasteiger partial charge >= 0.3 is 0 Å². The van der Waals surface area contributed by atoms with Crippen molar-refractivity contribution in [1.29, 1.82) is 0 Å². The second-order valence-corrected chi connectivity index (χ2v) is 8.89. The molecule has 3 atom stereocenters. The summed E-state index contributed by atoms with van der Waals surface area (Å²) in [5, 5.41) is 9.85. The number of ether oxygens (including phenoxy) is 1. The van der Waals surface area contributed by atoms with Gasteiger partial charge in [-0.2, -0.15) is 0 Å². The van der Waals surface area contributed by atoms with E-state index in [-0.39, 0.29) is 17.9 Å². The average molecular weight is 412 g/mol. The molecule has 3 N–H and O–H groups in total. The summed E-state index contributed by atoms with van der Waals surface area (Å²) in [5.41, 5.74) is 0.556. The minimum atomic E-state index is -0.571. The second kappa shape index (κ2) is 9.75. The monoisotopic (exact) mass is 411 g/mol. The smallest absolute Gasteiger partial charge is 0.243 e. The van der Waals surface area contributed by atoms with Crippen LogP contribution in [0.25, 0.3) is 0 Å². The maximum atomic E-state index is 13.4. The van der Waals surface area contributed by atoms with E-state index in [1.54, 1.807) is 0 Å². The van der Waals surface area contributed by atoms with Gasteiger partial charge in [-0.3, -0.25) is 9.59 Å². The van der Waals surface area contributed by atoms with E-state index in [2.05, 4.69) is 28.1 Å². The molecular formula is C24H33N3O3. The predicted octanol–water partition coefficient (Wildman–Crippen LogP) is 1.95. The molecule has 2 amide bonds. The molecule has 1 spiro atoms. The first-order chi connectivity index (χ1) is 14.7. The summed E-state index contributed by atoms with van der Waals surface area (Å²) in [6, 6.07) is 9.49. The van der Waals surface area contributed by atoms with E-state index < -0.39 is 11.5 Å². The van der Waals surface area contributed by atoms with Gasteiger partial charge in [-0.25, -0.2) is 0 Å². The number of allylic oxidation sites excluding steroid dienone is 2. The number of hydrogen-bond acceptors (Lipinski definition) is 4. The molecule has 3 heterocycles. The molecule has 4 rings (SSSR count). The molecule has 2 saturated heterocycles. The quantitative estimate of drug-likeness (QED) is 0.650. The molecule has 0 aromatic heterocycles. The Balaban J connectivity index is 1.61. The number of fused-ring (bicyclic) bond motifs is 1. The van der Waals surface area contributed by atoms with E-state index in [1.165, 1.54) is 0 Å². The summed E-state index contributed by atoms with van der Waals surface area (Å²) in [7, 11) is 0. The Bertz CT molecular complexity index is 758. The molecule has 1 aromatic carbocycles. The average Bonchev–Trinajstić information content (AvgIpc) is 2.78. The van der Waals surface area contributed by atoms with Gasteiger partial charge < -0.3 is 20.7 Å². The van der Waals surface area contributed by atoms with E-state index in [1.807, 2.05) is 30.3 Å². The minimum Gasteiger partial charge on any atom is -0.381 e. The molecule has 0 radical (unpaired) electrons. The van der Waals surface area contributed by atoms with Crippen LogP contribution >= 0.6 is 0 Å². The molecule has 1 aromatic rings. The van der Waals surface area contributed by atoms with Gasteiger partial charge in [-0.05, 0) is 50.1 Å². The summed E-state index contributed by atoms with van der Waals surface area (Å²) in [6.07, 6.45) is 8.78. The Labute approximate surface area is 178 Å². The molecule has 30 heavy (non-hydrogen) atoms. The van der Waals surface area contributed by atoms with Crippen molar-refractivity contribution < 1.29 is 14.3 Å². The lowest BCUT2D eigenvalue weighted by atomic mass is 9.75. The van der Waals surface area contributed by atoms with Crippen LogP contribution in [0.15, 0.2) is 42.5 Å². The molecule has 6 heteroatoms. The molecule has 0 bridgehead atoms. The van der Waals surface area contributed by atoms with Crippen molar-refractivity contribution in [2.24, 2.45) is 11.3 Å². The number of amides is 2. The van der Waals surface area contributed by atoms with E-state index >= 15 is 0 Å². The zero-order valence-electron chi connectivity index (χ0n) is 17.6. The standard InChI is InChI=1S/C24H33N3O3/c28-22-21(16-18-6-2-1-3-7-18)27-23(29)24(11-14-30-15-12-24)10-5-4-8-19-17-25-13-9-20(19)26-22/h1-7,19-21,25H,8-17H2,(H,26,28)(H,27,29)/b5-4+/t19-,20+,21+/m1/s1. The van der Waals surface area contributed by atoms with Crippen LogP contribution in [0.3, 0.4) is 0 Å². The van der Waals surface area contributed by atoms with Gasteiger partial charge in [-0.15, -0.1) is 0 Å². The fraction of sp³-hybridized carbons (Fsp3) is 0.583. The lowest BCUT2D eigenvalue weighted by molar-refractivity contribution is -0.140. The van der Waals surface area contributed by atoms with E-state index in [0.29, 0.717) is 44.8 Å². The normalized spacial score (nSPS) is 30.9. The number of nitrogens with one attached hydrogen (secondary N) is 3. The zero-order chi connectivity index (χ0) is 20.8. The van der Waals surface area contributed by atoms with Crippen molar-refractivity contribution >= 4 is 11.8 Å². The van der Waals surface area contributed by atoms with Gasteiger partial charge in [0, 0.05) is 32.2 Å². The molecule has 162 valence electrons. The fourth-order valence-corrected chi connectivity index (χ4v) is 4.88. The highest BCUT2D eigenvalue weighted by atomic mass is 16.5. The first-order valence-electron chi connectivity index (χ1n) is 11.2. The predicted molar refractivity (Wildman–Crippen MR) is 116 cm³/mol. The minimum absolute atomic E-state index is 0.0195. The zero-order valence-corrected chi connectivity index (χ0v) is 17.6. The SMILES string of the molecule is O=C1N[C@H]2CCNC[C@H]2C/C=C/CC2(CCOCC2)C(=O)N[C@H]1Cc1ccccc1. The van der Waals surface area contributed by atoms with Crippen molar-refractivity contribution in [1.82, 2.24) is 16.0 Å². The summed E-state index contributed by atoms with van der Waals surface area (Å²) in [4.78, 5) is 26.8. The van der Waals surface area contributed by atoms with Crippen LogP contribution in [0.1, 0.15) is 37.7 Å². The Morgan fingerprint density at radius 3 is 2.63 bits per heavy atom. The maximum absolute atomic E-state index is 13.4. The van der Waals surface area contributed by atoms with Gasteiger partial charge in [0.25, 0.3) is 0 Å². The van der Waals surface area contributed by atoms with Crippen molar-refractivity contribution in [3.63, 3.8) is 0 Å². The van der Waals surface area contributed by atoms with Crippen LogP contribution in [-0.4, -0.2) is 50.2 Å². The molecule has 3 aliphatic rings. The van der Waals surface area contributed by atoms with Crippen molar-refractivity contribution in [3.05, 3.63) is 48.0 Å². The highest BCUT2D eigenvalue weighted by Gasteiger charge is 2.41.